The van der Waals surface area contributed by atoms with Gasteiger partial charge in [0.05, 0.1) is 26.9 Å². The summed E-state index contributed by atoms with van der Waals surface area (Å²) in [6.45, 7) is 1.26. The maximum atomic E-state index is 11.9. The zero-order chi connectivity index (χ0) is 16.7. The molecule has 1 heterocycles. The monoisotopic (exact) mass is 324 g/mol. The Morgan fingerprint density at radius 3 is 2.83 bits per heavy atom. The van der Waals surface area contributed by atoms with Crippen LogP contribution >= 0.6 is 0 Å². The molecule has 8 nitrogen and oxygen atoms in total. The van der Waals surface area contributed by atoms with E-state index in [9.17, 15) is 9.59 Å². The summed E-state index contributed by atoms with van der Waals surface area (Å²) in [7, 11) is 1.49. The van der Waals surface area contributed by atoms with Gasteiger partial charge >= 0.3 is 0 Å². The highest BCUT2D eigenvalue weighted by molar-refractivity contribution is 5.81. The van der Waals surface area contributed by atoms with Gasteiger partial charge in [-0.05, 0) is 17.7 Å². The van der Waals surface area contributed by atoms with Crippen LogP contribution in [0.1, 0.15) is 5.56 Å². The summed E-state index contributed by atoms with van der Waals surface area (Å²) in [5.41, 5.74) is 5.86. The molecule has 0 saturated carbocycles. The number of carbonyl (C=O) groups excluding carboxylic acids is 2. The molecule has 0 aromatic heterocycles. The summed E-state index contributed by atoms with van der Waals surface area (Å²) in [5, 5.41) is 2.78. The summed E-state index contributed by atoms with van der Waals surface area (Å²) in [6.07, 6.45) is -0.580. The van der Waals surface area contributed by atoms with Crippen LogP contribution < -0.4 is 20.5 Å². The van der Waals surface area contributed by atoms with E-state index in [2.05, 4.69) is 5.32 Å². The van der Waals surface area contributed by atoms with Crippen LogP contribution in [0, 0.1) is 0 Å². The third kappa shape index (κ3) is 5.11. The number of hydrogen-bond acceptors (Lipinski definition) is 6. The molecule has 2 rings (SSSR count). The SMILES string of the molecule is COc1cc(CNC(=O)[C@@H]2COCCO2)ccc1OCC(N)=O. The van der Waals surface area contributed by atoms with Crippen LogP contribution in [0.4, 0.5) is 0 Å². The molecule has 1 aliphatic heterocycles. The van der Waals surface area contributed by atoms with Gasteiger partial charge in [-0.3, -0.25) is 9.59 Å². The Balaban J connectivity index is 1.92. The Morgan fingerprint density at radius 1 is 1.35 bits per heavy atom. The van der Waals surface area contributed by atoms with Gasteiger partial charge < -0.3 is 30.0 Å². The molecular formula is C15H20N2O6. The number of benzene rings is 1. The highest BCUT2D eigenvalue weighted by Gasteiger charge is 2.22. The number of nitrogens with one attached hydrogen (secondary N) is 1. The minimum atomic E-state index is -0.580. The maximum absolute atomic E-state index is 11.9. The van der Waals surface area contributed by atoms with Crippen LogP contribution in [0.2, 0.25) is 0 Å². The Bertz CT molecular complexity index is 557. The van der Waals surface area contributed by atoms with Gasteiger partial charge in [0.15, 0.2) is 24.2 Å². The van der Waals surface area contributed by atoms with Gasteiger partial charge in [0.2, 0.25) is 0 Å². The summed E-state index contributed by atoms with van der Waals surface area (Å²) in [5.74, 6) is 0.0662. The molecule has 0 unspecified atom stereocenters. The quantitative estimate of drug-likeness (QED) is 0.706. The highest BCUT2D eigenvalue weighted by Crippen LogP contribution is 2.28. The summed E-state index contributed by atoms with van der Waals surface area (Å²) < 4.78 is 21.0. The van der Waals surface area contributed by atoms with Gasteiger partial charge in [-0.25, -0.2) is 0 Å². The molecule has 1 fully saturated rings. The first kappa shape index (κ1) is 17.0. The second kappa shape index (κ2) is 8.35. The lowest BCUT2D eigenvalue weighted by atomic mass is 10.2. The largest absolute Gasteiger partial charge is 0.493 e. The molecule has 1 aromatic carbocycles. The normalized spacial score (nSPS) is 17.3. The van der Waals surface area contributed by atoms with Gasteiger partial charge in [0.1, 0.15) is 0 Å². The molecule has 3 N–H and O–H groups in total. The number of carbonyl (C=O) groups is 2. The third-order valence-corrected chi connectivity index (χ3v) is 3.17. The molecule has 23 heavy (non-hydrogen) atoms. The van der Waals surface area contributed by atoms with Crippen LogP contribution in [0.5, 0.6) is 11.5 Å². The fourth-order valence-corrected chi connectivity index (χ4v) is 2.03. The first-order valence-electron chi connectivity index (χ1n) is 7.15. The van der Waals surface area contributed by atoms with E-state index in [1.165, 1.54) is 7.11 Å². The Kier molecular flexibility index (Phi) is 6.19. The molecule has 1 aliphatic rings. The Hall–Kier alpha value is -2.32. The number of rotatable bonds is 7. The van der Waals surface area contributed by atoms with Crippen LogP contribution in [-0.4, -0.2) is 51.5 Å². The van der Waals surface area contributed by atoms with Crippen molar-refractivity contribution in [2.24, 2.45) is 5.73 Å². The maximum Gasteiger partial charge on any atom is 0.255 e. The molecule has 0 radical (unpaired) electrons. The molecule has 1 aromatic rings. The molecule has 0 bridgehead atoms. The van der Waals surface area contributed by atoms with Crippen molar-refractivity contribution in [1.29, 1.82) is 0 Å². The fraction of sp³-hybridized carbons (Fsp3) is 0.467. The zero-order valence-corrected chi connectivity index (χ0v) is 12.9. The van der Waals surface area contributed by atoms with Crippen molar-refractivity contribution in [3.05, 3.63) is 23.8 Å². The molecular weight excluding hydrogens is 304 g/mol. The predicted molar refractivity (Wildman–Crippen MR) is 80.1 cm³/mol. The zero-order valence-electron chi connectivity index (χ0n) is 12.9. The van der Waals surface area contributed by atoms with Gasteiger partial charge in [-0.15, -0.1) is 0 Å². The van der Waals surface area contributed by atoms with E-state index < -0.39 is 12.0 Å². The van der Waals surface area contributed by atoms with Gasteiger partial charge in [0, 0.05) is 6.54 Å². The third-order valence-electron chi connectivity index (χ3n) is 3.17. The minimum absolute atomic E-state index is 0.224. The van der Waals surface area contributed by atoms with E-state index in [4.69, 9.17) is 24.7 Å². The average molecular weight is 324 g/mol. The van der Waals surface area contributed by atoms with Crippen LogP contribution in [0.15, 0.2) is 18.2 Å². The molecule has 8 heteroatoms. The first-order chi connectivity index (χ1) is 11.1. The van der Waals surface area contributed by atoms with E-state index in [1.807, 2.05) is 0 Å². The van der Waals surface area contributed by atoms with E-state index in [1.54, 1.807) is 18.2 Å². The molecule has 0 aliphatic carbocycles. The smallest absolute Gasteiger partial charge is 0.255 e. The predicted octanol–water partition coefficient (Wildman–Crippen LogP) is -0.409. The molecule has 0 spiro atoms. The number of ether oxygens (including phenoxy) is 4. The molecule has 126 valence electrons. The molecule has 1 saturated heterocycles. The topological polar surface area (TPSA) is 109 Å². The second-order valence-electron chi connectivity index (χ2n) is 4.89. The molecule has 2 amide bonds. The van der Waals surface area contributed by atoms with Gasteiger partial charge in [-0.1, -0.05) is 6.07 Å². The van der Waals surface area contributed by atoms with E-state index in [0.29, 0.717) is 31.3 Å². The number of nitrogens with two attached hydrogens (primary N) is 1. The lowest BCUT2D eigenvalue weighted by molar-refractivity contribution is -0.147. The second-order valence-corrected chi connectivity index (χ2v) is 4.89. The fourth-order valence-electron chi connectivity index (χ4n) is 2.03. The number of amides is 2. The number of hydrogen-bond donors (Lipinski definition) is 2. The lowest BCUT2D eigenvalue weighted by Gasteiger charge is -2.22. The van der Waals surface area contributed by atoms with E-state index in [-0.39, 0.29) is 19.1 Å². The Labute approximate surface area is 133 Å². The van der Waals surface area contributed by atoms with Crippen molar-refractivity contribution in [3.8, 4) is 11.5 Å². The van der Waals surface area contributed by atoms with Crippen molar-refractivity contribution in [1.82, 2.24) is 5.32 Å². The summed E-state index contributed by atoms with van der Waals surface area (Å²) in [6, 6.07) is 5.13. The first-order valence-corrected chi connectivity index (χ1v) is 7.15. The van der Waals surface area contributed by atoms with Crippen molar-refractivity contribution in [3.63, 3.8) is 0 Å². The van der Waals surface area contributed by atoms with Gasteiger partial charge in [-0.2, -0.15) is 0 Å². The standard InChI is InChI=1S/C15H20N2O6/c1-20-12-6-10(2-3-11(12)23-9-14(16)18)7-17-15(19)13-8-21-4-5-22-13/h2-3,6,13H,4-5,7-9H2,1H3,(H2,16,18)(H,17,19)/t13-/m0/s1. The number of primary amides is 1. The minimum Gasteiger partial charge on any atom is -0.493 e. The Morgan fingerprint density at radius 2 is 2.17 bits per heavy atom. The van der Waals surface area contributed by atoms with Crippen LogP contribution in [0.3, 0.4) is 0 Å². The number of methoxy groups -OCH3 is 1. The van der Waals surface area contributed by atoms with E-state index in [0.717, 1.165) is 5.56 Å². The van der Waals surface area contributed by atoms with Crippen LogP contribution in [-0.2, 0) is 25.6 Å². The van der Waals surface area contributed by atoms with Gasteiger partial charge in [0.25, 0.3) is 11.8 Å². The van der Waals surface area contributed by atoms with Crippen molar-refractivity contribution < 1.29 is 28.5 Å². The highest BCUT2D eigenvalue weighted by atomic mass is 16.6. The van der Waals surface area contributed by atoms with Crippen molar-refractivity contribution >= 4 is 11.8 Å². The summed E-state index contributed by atoms with van der Waals surface area (Å²) >= 11 is 0. The average Bonchev–Trinajstić information content (AvgIpc) is 2.58. The van der Waals surface area contributed by atoms with Crippen molar-refractivity contribution in [2.75, 3.05) is 33.5 Å². The van der Waals surface area contributed by atoms with Crippen molar-refractivity contribution in [2.45, 2.75) is 12.6 Å². The van der Waals surface area contributed by atoms with E-state index >= 15 is 0 Å². The summed E-state index contributed by atoms with van der Waals surface area (Å²) in [4.78, 5) is 22.7. The lowest BCUT2D eigenvalue weighted by Crippen LogP contribution is -2.42. The van der Waals surface area contributed by atoms with Crippen LogP contribution in [0.25, 0.3) is 0 Å². The molecule has 1 atom stereocenters.